The summed E-state index contributed by atoms with van der Waals surface area (Å²) >= 11 is 3.36. The van der Waals surface area contributed by atoms with Crippen molar-refractivity contribution in [2.45, 2.75) is 12.5 Å². The normalized spacial score (nSPS) is 12.3. The number of benzene rings is 1. The van der Waals surface area contributed by atoms with Crippen molar-refractivity contribution in [3.05, 3.63) is 40.4 Å². The first-order valence-electron chi connectivity index (χ1n) is 5.99. The molecule has 1 aromatic rings. The molecule has 1 unspecified atom stereocenters. The summed E-state index contributed by atoms with van der Waals surface area (Å²) in [5.74, 6) is -1.53. The fourth-order valence-corrected chi connectivity index (χ4v) is 1.91. The number of ether oxygens (including phenoxy) is 1. The zero-order valence-corrected chi connectivity index (χ0v) is 12.6. The van der Waals surface area contributed by atoms with Gasteiger partial charge in [-0.25, -0.2) is 4.79 Å². The number of carbonyl (C=O) groups excluding carboxylic acids is 1. The van der Waals surface area contributed by atoms with Gasteiger partial charge in [-0.3, -0.25) is 4.79 Å². The molecule has 0 radical (unpaired) electrons. The van der Waals surface area contributed by atoms with Crippen LogP contribution in [0, 0.1) is 0 Å². The molecular weight excluding hydrogens is 326 g/mol. The van der Waals surface area contributed by atoms with Crippen molar-refractivity contribution in [2.75, 3.05) is 13.7 Å². The highest BCUT2D eigenvalue weighted by Gasteiger charge is 2.18. The molecule has 0 bridgehead atoms. The van der Waals surface area contributed by atoms with Crippen LogP contribution < -0.4 is 5.32 Å². The monoisotopic (exact) mass is 341 g/mol. The molecule has 108 valence electrons. The third kappa shape index (κ3) is 5.54. The van der Waals surface area contributed by atoms with Crippen molar-refractivity contribution >= 4 is 33.9 Å². The highest BCUT2D eigenvalue weighted by atomic mass is 79.9. The van der Waals surface area contributed by atoms with Gasteiger partial charge in [-0.1, -0.05) is 34.1 Å². The topological polar surface area (TPSA) is 75.6 Å². The van der Waals surface area contributed by atoms with Crippen molar-refractivity contribution in [3.63, 3.8) is 0 Å². The highest BCUT2D eigenvalue weighted by Crippen LogP contribution is 2.16. The average Bonchev–Trinajstić information content (AvgIpc) is 2.42. The third-order valence-electron chi connectivity index (χ3n) is 2.54. The number of carboxylic acids is 1. The Morgan fingerprint density at radius 2 is 2.15 bits per heavy atom. The summed E-state index contributed by atoms with van der Waals surface area (Å²) in [6.45, 7) is 0.269. The van der Waals surface area contributed by atoms with Gasteiger partial charge in [0.1, 0.15) is 6.04 Å². The van der Waals surface area contributed by atoms with Crippen LogP contribution in [-0.4, -0.2) is 36.7 Å². The quantitative estimate of drug-likeness (QED) is 0.744. The molecule has 0 aliphatic carbocycles. The van der Waals surface area contributed by atoms with Crippen LogP contribution in [0.25, 0.3) is 6.08 Å². The van der Waals surface area contributed by atoms with Crippen molar-refractivity contribution in [2.24, 2.45) is 0 Å². The van der Waals surface area contributed by atoms with Crippen molar-refractivity contribution in [3.8, 4) is 0 Å². The minimum Gasteiger partial charge on any atom is -0.480 e. The van der Waals surface area contributed by atoms with E-state index in [1.54, 1.807) is 6.08 Å². The first kappa shape index (κ1) is 16.4. The van der Waals surface area contributed by atoms with Gasteiger partial charge in [-0.2, -0.15) is 0 Å². The van der Waals surface area contributed by atoms with E-state index >= 15 is 0 Å². The number of rotatable bonds is 7. The van der Waals surface area contributed by atoms with Crippen LogP contribution in [0.4, 0.5) is 0 Å². The van der Waals surface area contributed by atoms with E-state index in [9.17, 15) is 9.59 Å². The standard InChI is InChI=1S/C14H16BrNO4/c1-20-9-8-12(14(18)19)16-13(17)7-6-10-4-2-3-5-11(10)15/h2-7,12H,8-9H2,1H3,(H,16,17)(H,18,19). The van der Waals surface area contributed by atoms with Crippen LogP contribution >= 0.6 is 15.9 Å². The summed E-state index contributed by atoms with van der Waals surface area (Å²) in [7, 11) is 1.48. The Hall–Kier alpha value is -1.66. The van der Waals surface area contributed by atoms with E-state index in [0.717, 1.165) is 10.0 Å². The van der Waals surface area contributed by atoms with Crippen LogP contribution in [-0.2, 0) is 14.3 Å². The van der Waals surface area contributed by atoms with Gasteiger partial charge in [-0.05, 0) is 17.7 Å². The lowest BCUT2D eigenvalue weighted by molar-refractivity contribution is -0.141. The van der Waals surface area contributed by atoms with Gasteiger partial charge in [0.15, 0.2) is 0 Å². The van der Waals surface area contributed by atoms with E-state index in [2.05, 4.69) is 21.2 Å². The zero-order chi connectivity index (χ0) is 15.0. The van der Waals surface area contributed by atoms with Crippen LogP contribution in [0.1, 0.15) is 12.0 Å². The van der Waals surface area contributed by atoms with Crippen LogP contribution in [0.5, 0.6) is 0 Å². The summed E-state index contributed by atoms with van der Waals surface area (Å²) in [6, 6.07) is 6.46. The fraction of sp³-hybridized carbons (Fsp3) is 0.286. The Morgan fingerprint density at radius 1 is 1.45 bits per heavy atom. The molecule has 2 N–H and O–H groups in total. The summed E-state index contributed by atoms with van der Waals surface area (Å²) in [4.78, 5) is 22.7. The maximum absolute atomic E-state index is 11.7. The molecule has 0 heterocycles. The lowest BCUT2D eigenvalue weighted by atomic mass is 10.2. The number of carbonyl (C=O) groups is 2. The SMILES string of the molecule is COCCC(NC(=O)C=Cc1ccccc1Br)C(=O)O. The molecule has 0 aliphatic rings. The zero-order valence-electron chi connectivity index (χ0n) is 11.0. The Kier molecular flexibility index (Phi) is 6.97. The number of carboxylic acid groups (broad SMARTS) is 1. The molecule has 1 atom stereocenters. The molecule has 0 aromatic heterocycles. The number of halogens is 1. The van der Waals surface area contributed by atoms with Crippen LogP contribution in [0.3, 0.4) is 0 Å². The number of amides is 1. The van der Waals surface area contributed by atoms with Gasteiger partial charge >= 0.3 is 5.97 Å². The van der Waals surface area contributed by atoms with Crippen LogP contribution in [0.2, 0.25) is 0 Å². The molecule has 0 spiro atoms. The maximum Gasteiger partial charge on any atom is 0.326 e. The fourth-order valence-electron chi connectivity index (χ4n) is 1.49. The summed E-state index contributed by atoms with van der Waals surface area (Å²) in [5.41, 5.74) is 0.839. The van der Waals surface area contributed by atoms with Gasteiger partial charge < -0.3 is 15.2 Å². The molecule has 0 saturated heterocycles. The van der Waals surface area contributed by atoms with Crippen LogP contribution in [0.15, 0.2) is 34.8 Å². The molecule has 0 saturated carbocycles. The first-order valence-corrected chi connectivity index (χ1v) is 6.78. The molecule has 1 aromatic carbocycles. The van der Waals surface area contributed by atoms with Crippen molar-refractivity contribution in [1.29, 1.82) is 0 Å². The van der Waals surface area contributed by atoms with Crippen molar-refractivity contribution in [1.82, 2.24) is 5.32 Å². The second kappa shape index (κ2) is 8.50. The largest absolute Gasteiger partial charge is 0.480 e. The van der Waals surface area contributed by atoms with Gasteiger partial charge in [0.2, 0.25) is 5.91 Å². The number of hydrogen-bond donors (Lipinski definition) is 2. The molecule has 0 fully saturated rings. The average molecular weight is 342 g/mol. The predicted molar refractivity (Wildman–Crippen MR) is 79.2 cm³/mol. The Labute approximate surface area is 125 Å². The molecule has 1 amide bonds. The highest BCUT2D eigenvalue weighted by molar-refractivity contribution is 9.10. The van der Waals surface area contributed by atoms with E-state index in [-0.39, 0.29) is 13.0 Å². The Morgan fingerprint density at radius 3 is 2.75 bits per heavy atom. The lowest BCUT2D eigenvalue weighted by Gasteiger charge is -2.12. The van der Waals surface area contributed by atoms with E-state index in [1.807, 2.05) is 24.3 Å². The molecule has 20 heavy (non-hydrogen) atoms. The smallest absolute Gasteiger partial charge is 0.326 e. The minimum atomic E-state index is -1.08. The lowest BCUT2D eigenvalue weighted by Crippen LogP contribution is -2.40. The molecule has 5 nitrogen and oxygen atoms in total. The molecule has 1 rings (SSSR count). The van der Waals surface area contributed by atoms with E-state index in [4.69, 9.17) is 9.84 Å². The van der Waals surface area contributed by atoms with Gasteiger partial charge in [0.25, 0.3) is 0 Å². The first-order chi connectivity index (χ1) is 9.54. The minimum absolute atomic E-state index is 0.223. The molecule has 6 heteroatoms. The molecule has 0 aliphatic heterocycles. The summed E-state index contributed by atoms with van der Waals surface area (Å²) in [5, 5.41) is 11.4. The molecular formula is C14H16BrNO4. The predicted octanol–water partition coefficient (Wildman–Crippen LogP) is 2.07. The third-order valence-corrected chi connectivity index (χ3v) is 3.27. The number of aliphatic carboxylic acids is 1. The summed E-state index contributed by atoms with van der Waals surface area (Å²) in [6.07, 6.45) is 3.15. The Bertz CT molecular complexity index is 502. The van der Waals surface area contributed by atoms with Gasteiger partial charge in [0, 0.05) is 30.7 Å². The van der Waals surface area contributed by atoms with Crippen molar-refractivity contribution < 1.29 is 19.4 Å². The van der Waals surface area contributed by atoms with Gasteiger partial charge in [0.05, 0.1) is 0 Å². The number of methoxy groups -OCH3 is 1. The Balaban J connectivity index is 2.61. The van der Waals surface area contributed by atoms with Gasteiger partial charge in [-0.15, -0.1) is 0 Å². The summed E-state index contributed by atoms with van der Waals surface area (Å²) < 4.78 is 5.67. The van der Waals surface area contributed by atoms with E-state index in [0.29, 0.717) is 0 Å². The van der Waals surface area contributed by atoms with E-state index < -0.39 is 17.9 Å². The van der Waals surface area contributed by atoms with E-state index in [1.165, 1.54) is 13.2 Å². The number of hydrogen-bond acceptors (Lipinski definition) is 3. The number of nitrogens with one attached hydrogen (secondary N) is 1. The second-order valence-electron chi connectivity index (χ2n) is 4.04. The second-order valence-corrected chi connectivity index (χ2v) is 4.89. The maximum atomic E-state index is 11.7.